The van der Waals surface area contributed by atoms with E-state index in [1.165, 1.54) is 7.11 Å². The summed E-state index contributed by atoms with van der Waals surface area (Å²) in [5, 5.41) is 0.708. The summed E-state index contributed by atoms with van der Waals surface area (Å²) in [5.41, 5.74) is 2.67. The van der Waals surface area contributed by atoms with Crippen molar-refractivity contribution in [3.05, 3.63) is 52.0 Å². The first-order valence-corrected chi connectivity index (χ1v) is 9.64. The van der Waals surface area contributed by atoms with Crippen LogP contribution in [0.3, 0.4) is 0 Å². The fourth-order valence-corrected chi connectivity index (χ4v) is 3.78. The van der Waals surface area contributed by atoms with Crippen LogP contribution in [-0.2, 0) is 10.0 Å². The van der Waals surface area contributed by atoms with Crippen LogP contribution in [0.5, 0.6) is 11.5 Å². The Bertz CT molecular complexity index is 842. The molecule has 0 spiro atoms. The van der Waals surface area contributed by atoms with E-state index in [-0.39, 0.29) is 18.0 Å². The van der Waals surface area contributed by atoms with E-state index in [0.717, 1.165) is 16.7 Å². The van der Waals surface area contributed by atoms with E-state index >= 15 is 0 Å². The average molecular weight is 384 g/mol. The summed E-state index contributed by atoms with van der Waals surface area (Å²) in [7, 11) is -2.24. The number of aryl methyl sites for hydroxylation is 3. The standard InChI is InChI=1S/C18H22ClNO4S/c1-12-5-6-16(23-4)17(9-12)25(21,22)20-7-8-24-15-10-13(2)18(19)14(3)11-15/h5-6,9-11,20H,7-8H2,1-4H3. The molecular weight excluding hydrogens is 362 g/mol. The van der Waals surface area contributed by atoms with Crippen molar-refractivity contribution in [3.63, 3.8) is 0 Å². The summed E-state index contributed by atoms with van der Waals surface area (Å²) in [5.74, 6) is 0.967. The third-order valence-electron chi connectivity index (χ3n) is 3.68. The van der Waals surface area contributed by atoms with E-state index in [9.17, 15) is 8.42 Å². The SMILES string of the molecule is COc1ccc(C)cc1S(=O)(=O)NCCOc1cc(C)c(Cl)c(C)c1. The highest BCUT2D eigenvalue weighted by atomic mass is 35.5. The number of hydrogen-bond acceptors (Lipinski definition) is 4. The third-order valence-corrected chi connectivity index (χ3v) is 5.76. The maximum atomic E-state index is 12.5. The minimum absolute atomic E-state index is 0.119. The number of hydrogen-bond donors (Lipinski definition) is 1. The molecule has 0 fully saturated rings. The van der Waals surface area contributed by atoms with Crippen LogP contribution in [0, 0.1) is 20.8 Å². The molecule has 0 aliphatic heterocycles. The number of nitrogens with one attached hydrogen (secondary N) is 1. The molecule has 136 valence electrons. The number of sulfonamides is 1. The van der Waals surface area contributed by atoms with Crippen molar-refractivity contribution >= 4 is 21.6 Å². The molecule has 0 aliphatic carbocycles. The van der Waals surface area contributed by atoms with Gasteiger partial charge in [0.15, 0.2) is 0 Å². The van der Waals surface area contributed by atoms with Crippen molar-refractivity contribution in [2.24, 2.45) is 0 Å². The Kier molecular flexibility index (Phi) is 6.32. The summed E-state index contributed by atoms with van der Waals surface area (Å²) in [6, 6.07) is 8.67. The van der Waals surface area contributed by atoms with E-state index in [2.05, 4.69) is 4.72 Å². The van der Waals surface area contributed by atoms with Gasteiger partial charge in [0.1, 0.15) is 23.0 Å². The van der Waals surface area contributed by atoms with Gasteiger partial charge in [0, 0.05) is 11.6 Å². The molecule has 0 bridgehead atoms. The van der Waals surface area contributed by atoms with E-state index in [0.29, 0.717) is 16.5 Å². The van der Waals surface area contributed by atoms with E-state index in [1.54, 1.807) is 18.2 Å². The molecule has 2 aromatic carbocycles. The van der Waals surface area contributed by atoms with Crippen LogP contribution in [0.15, 0.2) is 35.2 Å². The molecule has 0 heterocycles. The van der Waals surface area contributed by atoms with E-state index in [4.69, 9.17) is 21.1 Å². The van der Waals surface area contributed by atoms with Crippen molar-refractivity contribution in [2.45, 2.75) is 25.7 Å². The lowest BCUT2D eigenvalue weighted by Crippen LogP contribution is -2.28. The lowest BCUT2D eigenvalue weighted by molar-refractivity contribution is 0.322. The van der Waals surface area contributed by atoms with Gasteiger partial charge in [-0.1, -0.05) is 17.7 Å². The number of methoxy groups -OCH3 is 1. The van der Waals surface area contributed by atoms with Gasteiger partial charge in [-0.05, 0) is 61.7 Å². The lowest BCUT2D eigenvalue weighted by Gasteiger charge is -2.13. The molecule has 2 rings (SSSR count). The molecule has 0 radical (unpaired) electrons. The van der Waals surface area contributed by atoms with Gasteiger partial charge in [0.05, 0.1) is 7.11 Å². The fraction of sp³-hybridized carbons (Fsp3) is 0.333. The summed E-state index contributed by atoms with van der Waals surface area (Å²) in [6.07, 6.45) is 0. The van der Waals surface area contributed by atoms with E-state index in [1.807, 2.05) is 32.9 Å². The highest BCUT2D eigenvalue weighted by molar-refractivity contribution is 7.89. The molecule has 1 N–H and O–H groups in total. The molecule has 7 heteroatoms. The predicted octanol–water partition coefficient (Wildman–Crippen LogP) is 3.63. The van der Waals surface area contributed by atoms with Gasteiger partial charge in [-0.15, -0.1) is 0 Å². The highest BCUT2D eigenvalue weighted by Gasteiger charge is 2.19. The molecule has 0 aromatic heterocycles. The zero-order valence-electron chi connectivity index (χ0n) is 14.7. The summed E-state index contributed by atoms with van der Waals surface area (Å²) >= 11 is 6.12. The van der Waals surface area contributed by atoms with Crippen molar-refractivity contribution in [3.8, 4) is 11.5 Å². The second kappa shape index (κ2) is 8.08. The van der Waals surface area contributed by atoms with Crippen LogP contribution >= 0.6 is 11.6 Å². The Hall–Kier alpha value is -1.76. The highest BCUT2D eigenvalue weighted by Crippen LogP contribution is 2.26. The fourth-order valence-electron chi connectivity index (χ4n) is 2.41. The minimum Gasteiger partial charge on any atom is -0.495 e. The monoisotopic (exact) mass is 383 g/mol. The third kappa shape index (κ3) is 4.87. The smallest absolute Gasteiger partial charge is 0.244 e. The van der Waals surface area contributed by atoms with E-state index < -0.39 is 10.0 Å². The first-order chi connectivity index (χ1) is 11.7. The molecule has 5 nitrogen and oxygen atoms in total. The quantitative estimate of drug-likeness (QED) is 0.741. The molecule has 0 saturated carbocycles. The summed E-state index contributed by atoms with van der Waals surface area (Å²) in [6.45, 7) is 5.96. The maximum absolute atomic E-state index is 12.5. The molecule has 0 saturated heterocycles. The number of halogens is 1. The molecule has 25 heavy (non-hydrogen) atoms. The van der Waals surface area contributed by atoms with Gasteiger partial charge in [-0.2, -0.15) is 0 Å². The summed E-state index contributed by atoms with van der Waals surface area (Å²) < 4.78 is 38.2. The Labute approximate surface area is 154 Å². The lowest BCUT2D eigenvalue weighted by atomic mass is 10.1. The van der Waals surface area contributed by atoms with Crippen molar-refractivity contribution < 1.29 is 17.9 Å². The maximum Gasteiger partial charge on any atom is 0.244 e. The predicted molar refractivity (Wildman–Crippen MR) is 99.3 cm³/mol. The van der Waals surface area contributed by atoms with Crippen molar-refractivity contribution in [2.75, 3.05) is 20.3 Å². The Morgan fingerprint density at radius 3 is 2.32 bits per heavy atom. The van der Waals surface area contributed by atoms with Gasteiger partial charge >= 0.3 is 0 Å². The first-order valence-electron chi connectivity index (χ1n) is 7.78. The van der Waals surface area contributed by atoms with Gasteiger partial charge in [-0.25, -0.2) is 13.1 Å². The molecule has 0 atom stereocenters. The Morgan fingerprint density at radius 1 is 1.08 bits per heavy atom. The molecule has 0 aliphatic rings. The topological polar surface area (TPSA) is 64.6 Å². The van der Waals surface area contributed by atoms with Crippen LogP contribution in [0.25, 0.3) is 0 Å². The minimum atomic E-state index is -3.68. The number of ether oxygens (including phenoxy) is 2. The van der Waals surface area contributed by atoms with Gasteiger partial charge < -0.3 is 9.47 Å². The molecule has 0 amide bonds. The number of rotatable bonds is 7. The molecule has 2 aromatic rings. The van der Waals surface area contributed by atoms with Gasteiger partial charge in [0.25, 0.3) is 0 Å². The van der Waals surface area contributed by atoms with Crippen LogP contribution in [0.4, 0.5) is 0 Å². The largest absolute Gasteiger partial charge is 0.495 e. The Morgan fingerprint density at radius 2 is 1.72 bits per heavy atom. The van der Waals surface area contributed by atoms with Crippen LogP contribution in [0.2, 0.25) is 5.02 Å². The molecule has 0 unspecified atom stereocenters. The second-order valence-electron chi connectivity index (χ2n) is 5.77. The first kappa shape index (κ1) is 19.6. The Balaban J connectivity index is 2.01. The second-order valence-corrected chi connectivity index (χ2v) is 7.88. The normalized spacial score (nSPS) is 11.4. The number of benzene rings is 2. The zero-order valence-corrected chi connectivity index (χ0v) is 16.3. The van der Waals surface area contributed by atoms with Crippen LogP contribution < -0.4 is 14.2 Å². The average Bonchev–Trinajstić information content (AvgIpc) is 2.56. The zero-order chi connectivity index (χ0) is 18.6. The van der Waals surface area contributed by atoms with Crippen LogP contribution in [-0.4, -0.2) is 28.7 Å². The molecular formula is C18H22ClNO4S. The summed E-state index contributed by atoms with van der Waals surface area (Å²) in [4.78, 5) is 0.119. The van der Waals surface area contributed by atoms with Gasteiger partial charge in [0.2, 0.25) is 10.0 Å². The van der Waals surface area contributed by atoms with Gasteiger partial charge in [-0.3, -0.25) is 0 Å². The van der Waals surface area contributed by atoms with Crippen molar-refractivity contribution in [1.29, 1.82) is 0 Å². The van der Waals surface area contributed by atoms with Crippen LogP contribution in [0.1, 0.15) is 16.7 Å². The van der Waals surface area contributed by atoms with Crippen molar-refractivity contribution in [1.82, 2.24) is 4.72 Å².